The van der Waals surface area contributed by atoms with Crippen molar-refractivity contribution in [3.05, 3.63) is 0 Å². The van der Waals surface area contributed by atoms with Gasteiger partial charge in [0.2, 0.25) is 0 Å². The van der Waals surface area contributed by atoms with Gasteiger partial charge in [-0.25, -0.2) is 0 Å². The van der Waals surface area contributed by atoms with Crippen LogP contribution < -0.4 is 0 Å². The average molecular weight is 173 g/mol. The molecule has 70 valence electrons. The molecule has 0 aromatic rings. The van der Waals surface area contributed by atoms with Gasteiger partial charge >= 0.3 is 5.97 Å². The average Bonchev–Trinajstić information content (AvgIpc) is 2.03. The van der Waals surface area contributed by atoms with Crippen LogP contribution in [0.2, 0.25) is 0 Å². The van der Waals surface area contributed by atoms with Crippen LogP contribution in [-0.2, 0) is 14.3 Å². The van der Waals surface area contributed by atoms with E-state index in [1.807, 2.05) is 0 Å². The molecule has 0 aliphatic carbocycles. The van der Waals surface area contributed by atoms with E-state index in [9.17, 15) is 4.79 Å². The third kappa shape index (κ3) is 1.95. The summed E-state index contributed by atoms with van der Waals surface area (Å²) in [6, 6.07) is -0.0230. The highest BCUT2D eigenvalue weighted by Crippen LogP contribution is 2.17. The number of hydrogen-bond donors (Lipinski definition) is 0. The molecule has 4 nitrogen and oxygen atoms in total. The molecule has 0 spiro atoms. The van der Waals surface area contributed by atoms with Crippen LogP contribution in [0.15, 0.2) is 0 Å². The summed E-state index contributed by atoms with van der Waals surface area (Å²) in [5.74, 6) is -0.127. The largest absolute Gasteiger partial charge is 0.468 e. The van der Waals surface area contributed by atoms with Crippen molar-refractivity contribution in [1.29, 1.82) is 0 Å². The van der Waals surface area contributed by atoms with Crippen LogP contribution in [-0.4, -0.2) is 50.8 Å². The predicted octanol–water partition coefficient (Wildman–Crippen LogP) is -0.120. The van der Waals surface area contributed by atoms with Crippen molar-refractivity contribution < 1.29 is 14.3 Å². The Morgan fingerprint density at radius 1 is 1.58 bits per heavy atom. The molecule has 0 radical (unpaired) electrons. The van der Waals surface area contributed by atoms with Crippen LogP contribution in [0.5, 0.6) is 0 Å². The van der Waals surface area contributed by atoms with E-state index in [2.05, 4.69) is 9.64 Å². The summed E-state index contributed by atoms with van der Waals surface area (Å²) in [7, 11) is 3.09. The Hall–Kier alpha value is -0.610. The molecule has 1 fully saturated rings. The summed E-state index contributed by atoms with van der Waals surface area (Å²) in [6.45, 7) is 2.47. The van der Waals surface area contributed by atoms with Crippen molar-refractivity contribution in [3.8, 4) is 0 Å². The molecule has 0 bridgehead atoms. The fraction of sp³-hybridized carbons (Fsp3) is 0.875. The van der Waals surface area contributed by atoms with Crippen molar-refractivity contribution in [2.75, 3.05) is 33.9 Å². The van der Waals surface area contributed by atoms with Gasteiger partial charge in [0, 0.05) is 20.2 Å². The molecule has 1 heterocycles. The Labute approximate surface area is 72.4 Å². The van der Waals surface area contributed by atoms with Crippen LogP contribution in [0.1, 0.15) is 6.42 Å². The van der Waals surface area contributed by atoms with Gasteiger partial charge in [0.1, 0.15) is 6.04 Å². The molecule has 1 unspecified atom stereocenters. The Balaban J connectivity index is 2.24. The molecular formula is C8H15NO3. The lowest BCUT2D eigenvalue weighted by molar-refractivity contribution is -0.152. The maximum atomic E-state index is 11.1. The Morgan fingerprint density at radius 2 is 2.33 bits per heavy atom. The molecule has 1 atom stereocenters. The number of likely N-dealkylation sites (tertiary alicyclic amines) is 1. The van der Waals surface area contributed by atoms with E-state index in [1.165, 1.54) is 7.11 Å². The topological polar surface area (TPSA) is 38.8 Å². The number of carbonyl (C=O) groups excluding carboxylic acids is 1. The lowest BCUT2D eigenvalue weighted by Crippen LogP contribution is -2.53. The van der Waals surface area contributed by atoms with Crippen LogP contribution in [0.4, 0.5) is 0 Å². The maximum Gasteiger partial charge on any atom is 0.323 e. The number of rotatable bonds is 4. The van der Waals surface area contributed by atoms with Gasteiger partial charge in [-0.15, -0.1) is 0 Å². The number of carbonyl (C=O) groups is 1. The first-order valence-corrected chi connectivity index (χ1v) is 4.10. The maximum absolute atomic E-state index is 11.1. The first kappa shape index (κ1) is 9.48. The van der Waals surface area contributed by atoms with E-state index in [0.717, 1.165) is 19.5 Å². The number of hydrogen-bond acceptors (Lipinski definition) is 4. The van der Waals surface area contributed by atoms with Gasteiger partial charge in [0.15, 0.2) is 0 Å². The Kier molecular flexibility index (Phi) is 3.49. The van der Waals surface area contributed by atoms with E-state index < -0.39 is 0 Å². The van der Waals surface area contributed by atoms with E-state index in [0.29, 0.717) is 6.61 Å². The second kappa shape index (κ2) is 4.42. The van der Waals surface area contributed by atoms with Crippen molar-refractivity contribution in [2.24, 2.45) is 0 Å². The van der Waals surface area contributed by atoms with E-state index in [-0.39, 0.29) is 12.0 Å². The molecular weight excluding hydrogens is 158 g/mol. The zero-order valence-corrected chi connectivity index (χ0v) is 7.58. The minimum Gasteiger partial charge on any atom is -0.468 e. The summed E-state index contributed by atoms with van der Waals surface area (Å²) in [5, 5.41) is 0. The quantitative estimate of drug-likeness (QED) is 0.556. The minimum absolute atomic E-state index is 0.0230. The lowest BCUT2D eigenvalue weighted by Gasteiger charge is -2.38. The van der Waals surface area contributed by atoms with E-state index in [4.69, 9.17) is 4.74 Å². The molecule has 1 aliphatic rings. The molecule has 0 aromatic heterocycles. The number of nitrogens with zero attached hydrogens (tertiary/aromatic N) is 1. The zero-order valence-electron chi connectivity index (χ0n) is 7.58. The molecule has 0 aromatic carbocycles. The van der Waals surface area contributed by atoms with Gasteiger partial charge in [0.05, 0.1) is 13.7 Å². The monoisotopic (exact) mass is 173 g/mol. The molecule has 12 heavy (non-hydrogen) atoms. The van der Waals surface area contributed by atoms with Gasteiger partial charge in [-0.1, -0.05) is 0 Å². The second-order valence-electron chi connectivity index (χ2n) is 2.86. The van der Waals surface area contributed by atoms with Crippen molar-refractivity contribution in [1.82, 2.24) is 4.90 Å². The molecule has 0 amide bonds. The Morgan fingerprint density at radius 3 is 2.75 bits per heavy atom. The molecule has 1 aliphatic heterocycles. The Bertz CT molecular complexity index is 160. The first-order valence-electron chi connectivity index (χ1n) is 4.10. The number of ether oxygens (including phenoxy) is 2. The summed E-state index contributed by atoms with van der Waals surface area (Å²) in [4.78, 5) is 13.1. The fourth-order valence-electron chi connectivity index (χ4n) is 1.32. The highest BCUT2D eigenvalue weighted by atomic mass is 16.5. The molecule has 1 rings (SSSR count). The van der Waals surface area contributed by atoms with Gasteiger partial charge in [-0.3, -0.25) is 9.69 Å². The highest BCUT2D eigenvalue weighted by Gasteiger charge is 2.34. The van der Waals surface area contributed by atoms with E-state index >= 15 is 0 Å². The molecule has 0 saturated carbocycles. The van der Waals surface area contributed by atoms with Crippen molar-refractivity contribution >= 4 is 5.97 Å². The lowest BCUT2D eigenvalue weighted by atomic mass is 10.0. The zero-order chi connectivity index (χ0) is 8.97. The highest BCUT2D eigenvalue weighted by molar-refractivity contribution is 5.76. The number of esters is 1. The summed E-state index contributed by atoms with van der Waals surface area (Å²) < 4.78 is 9.56. The van der Waals surface area contributed by atoms with Gasteiger partial charge in [-0.2, -0.15) is 0 Å². The van der Waals surface area contributed by atoms with Gasteiger partial charge in [0.25, 0.3) is 0 Å². The fourth-order valence-corrected chi connectivity index (χ4v) is 1.32. The molecule has 1 saturated heterocycles. The van der Waals surface area contributed by atoms with Gasteiger partial charge in [-0.05, 0) is 6.42 Å². The summed E-state index contributed by atoms with van der Waals surface area (Å²) in [5.41, 5.74) is 0. The number of methoxy groups -OCH3 is 2. The SMILES string of the molecule is COCCN1CCC1C(=O)OC. The smallest absolute Gasteiger partial charge is 0.323 e. The second-order valence-corrected chi connectivity index (χ2v) is 2.86. The summed E-state index contributed by atoms with van der Waals surface area (Å²) in [6.07, 6.45) is 0.913. The third-order valence-corrected chi connectivity index (χ3v) is 2.19. The van der Waals surface area contributed by atoms with Crippen LogP contribution in [0, 0.1) is 0 Å². The van der Waals surface area contributed by atoms with E-state index in [1.54, 1.807) is 7.11 Å². The normalized spacial score (nSPS) is 23.3. The first-order chi connectivity index (χ1) is 5.79. The summed E-state index contributed by atoms with van der Waals surface area (Å²) >= 11 is 0. The van der Waals surface area contributed by atoms with Crippen LogP contribution in [0.25, 0.3) is 0 Å². The minimum atomic E-state index is -0.127. The molecule has 0 N–H and O–H groups in total. The predicted molar refractivity (Wildman–Crippen MR) is 43.9 cm³/mol. The van der Waals surface area contributed by atoms with Crippen LogP contribution >= 0.6 is 0 Å². The van der Waals surface area contributed by atoms with Crippen molar-refractivity contribution in [3.63, 3.8) is 0 Å². The third-order valence-electron chi connectivity index (χ3n) is 2.19. The molecule has 4 heteroatoms. The van der Waals surface area contributed by atoms with Gasteiger partial charge < -0.3 is 9.47 Å². The van der Waals surface area contributed by atoms with Crippen LogP contribution in [0.3, 0.4) is 0 Å². The van der Waals surface area contributed by atoms with Crippen molar-refractivity contribution in [2.45, 2.75) is 12.5 Å². The standard InChI is InChI=1S/C8H15NO3/c1-11-6-5-9-4-3-7(9)8(10)12-2/h7H,3-6H2,1-2H3.